The third-order valence-corrected chi connectivity index (χ3v) is 4.07. The van der Waals surface area contributed by atoms with Crippen LogP contribution in [0.3, 0.4) is 0 Å². The molecule has 0 saturated heterocycles. The zero-order valence-corrected chi connectivity index (χ0v) is 14.1. The molecular weight excluding hydrogens is 329 g/mol. The lowest BCUT2D eigenvalue weighted by Crippen LogP contribution is -2.10. The molecule has 2 rings (SSSR count). The van der Waals surface area contributed by atoms with Crippen LogP contribution in [0.2, 0.25) is 15.1 Å². The second-order valence-corrected chi connectivity index (χ2v) is 5.87. The van der Waals surface area contributed by atoms with Gasteiger partial charge < -0.3 is 10.1 Å². The Morgan fingerprint density at radius 2 is 1.62 bits per heavy atom. The van der Waals surface area contributed by atoms with E-state index in [4.69, 9.17) is 39.5 Å². The smallest absolute Gasteiger partial charge is 0.118 e. The number of rotatable bonds is 5. The topological polar surface area (TPSA) is 21.3 Å². The van der Waals surface area contributed by atoms with Crippen molar-refractivity contribution in [1.29, 1.82) is 0 Å². The number of anilines is 1. The second-order valence-electron chi connectivity index (χ2n) is 4.62. The minimum absolute atomic E-state index is 0.104. The van der Waals surface area contributed by atoms with Gasteiger partial charge in [0.15, 0.2) is 0 Å². The summed E-state index contributed by atoms with van der Waals surface area (Å²) in [6.07, 6.45) is 0.890. The number of ether oxygens (including phenoxy) is 1. The largest absolute Gasteiger partial charge is 0.497 e. The van der Waals surface area contributed by atoms with Crippen LogP contribution in [0.4, 0.5) is 5.69 Å². The van der Waals surface area contributed by atoms with Crippen molar-refractivity contribution in [2.24, 2.45) is 0 Å². The molecule has 1 unspecified atom stereocenters. The fourth-order valence-corrected chi connectivity index (χ4v) is 3.04. The van der Waals surface area contributed by atoms with E-state index in [1.807, 2.05) is 24.3 Å². The first kappa shape index (κ1) is 16.3. The summed E-state index contributed by atoms with van der Waals surface area (Å²) in [7, 11) is 1.65. The van der Waals surface area contributed by atoms with E-state index in [0.717, 1.165) is 17.7 Å². The van der Waals surface area contributed by atoms with E-state index < -0.39 is 0 Å². The highest BCUT2D eigenvalue weighted by atomic mass is 35.5. The molecule has 2 nitrogen and oxygen atoms in total. The molecule has 0 aliphatic rings. The predicted molar refractivity (Wildman–Crippen MR) is 91.1 cm³/mol. The Bertz CT molecular complexity index is 590. The molecule has 2 aromatic rings. The normalized spacial score (nSPS) is 12.0. The van der Waals surface area contributed by atoms with Crippen LogP contribution in [0.15, 0.2) is 36.4 Å². The minimum Gasteiger partial charge on any atom is -0.497 e. The van der Waals surface area contributed by atoms with Crippen molar-refractivity contribution < 1.29 is 4.74 Å². The molecule has 0 aliphatic carbocycles. The van der Waals surface area contributed by atoms with Gasteiger partial charge in [-0.1, -0.05) is 53.9 Å². The number of benzene rings is 2. The Balaban J connectivity index is 2.26. The summed E-state index contributed by atoms with van der Waals surface area (Å²) in [5.41, 5.74) is 1.84. The highest BCUT2D eigenvalue weighted by molar-refractivity contribution is 6.41. The molecule has 2 aromatic carbocycles. The highest BCUT2D eigenvalue weighted by Crippen LogP contribution is 2.36. The molecule has 1 atom stereocenters. The van der Waals surface area contributed by atoms with Gasteiger partial charge in [-0.05, 0) is 36.2 Å². The summed E-state index contributed by atoms with van der Waals surface area (Å²) in [5.74, 6) is 0.830. The fourth-order valence-electron chi connectivity index (χ4n) is 2.11. The Morgan fingerprint density at radius 1 is 1.05 bits per heavy atom. The third-order valence-electron chi connectivity index (χ3n) is 3.25. The Hall–Kier alpha value is -1.09. The number of hydrogen-bond acceptors (Lipinski definition) is 2. The first-order chi connectivity index (χ1) is 10.0. The molecule has 0 fully saturated rings. The average Bonchev–Trinajstić information content (AvgIpc) is 2.47. The zero-order valence-electron chi connectivity index (χ0n) is 11.8. The summed E-state index contributed by atoms with van der Waals surface area (Å²) in [5, 5.41) is 4.93. The Morgan fingerprint density at radius 3 is 2.10 bits per heavy atom. The van der Waals surface area contributed by atoms with Crippen molar-refractivity contribution >= 4 is 40.5 Å². The van der Waals surface area contributed by atoms with Crippen molar-refractivity contribution in [3.8, 4) is 5.75 Å². The van der Waals surface area contributed by atoms with E-state index >= 15 is 0 Å². The van der Waals surface area contributed by atoms with E-state index in [2.05, 4.69) is 12.2 Å². The maximum absolute atomic E-state index is 6.22. The van der Waals surface area contributed by atoms with Gasteiger partial charge in [0, 0.05) is 5.02 Å². The van der Waals surface area contributed by atoms with Crippen LogP contribution >= 0.6 is 34.8 Å². The molecule has 112 valence electrons. The van der Waals surface area contributed by atoms with Gasteiger partial charge in [-0.3, -0.25) is 0 Å². The van der Waals surface area contributed by atoms with Gasteiger partial charge in [0.05, 0.1) is 28.9 Å². The van der Waals surface area contributed by atoms with Crippen LogP contribution in [-0.4, -0.2) is 7.11 Å². The maximum atomic E-state index is 6.22. The highest BCUT2D eigenvalue weighted by Gasteiger charge is 2.14. The number of methoxy groups -OCH3 is 1. The summed E-state index contributed by atoms with van der Waals surface area (Å²) in [4.78, 5) is 0. The van der Waals surface area contributed by atoms with Crippen molar-refractivity contribution in [2.75, 3.05) is 12.4 Å². The predicted octanol–water partition coefficient (Wildman–Crippen LogP) is 6.22. The van der Waals surface area contributed by atoms with E-state index in [9.17, 15) is 0 Å². The molecular formula is C16H16Cl3NO. The Labute approximate surface area is 140 Å². The van der Waals surface area contributed by atoms with Gasteiger partial charge in [-0.15, -0.1) is 0 Å². The van der Waals surface area contributed by atoms with E-state index in [1.54, 1.807) is 19.2 Å². The average molecular weight is 345 g/mol. The molecule has 0 amide bonds. The summed E-state index contributed by atoms with van der Waals surface area (Å²) in [6, 6.07) is 11.4. The SMILES string of the molecule is CCC(Nc1c(Cl)cc(Cl)cc1Cl)c1ccc(OC)cc1. The standard InChI is InChI=1S/C16H16Cl3NO/c1-3-15(10-4-6-12(21-2)7-5-10)20-16-13(18)8-11(17)9-14(16)19/h4-9,15,20H,3H2,1-2H3. The molecule has 21 heavy (non-hydrogen) atoms. The van der Waals surface area contributed by atoms with Gasteiger partial charge in [0.1, 0.15) is 5.75 Å². The number of hydrogen-bond donors (Lipinski definition) is 1. The van der Waals surface area contributed by atoms with Gasteiger partial charge in [-0.2, -0.15) is 0 Å². The first-order valence-corrected chi connectivity index (χ1v) is 7.73. The molecule has 0 bridgehead atoms. The molecule has 5 heteroatoms. The van der Waals surface area contributed by atoms with Crippen LogP contribution in [-0.2, 0) is 0 Å². The number of halogens is 3. The van der Waals surface area contributed by atoms with Gasteiger partial charge in [-0.25, -0.2) is 0 Å². The molecule has 0 saturated carbocycles. The lowest BCUT2D eigenvalue weighted by Gasteiger charge is -2.21. The monoisotopic (exact) mass is 343 g/mol. The zero-order chi connectivity index (χ0) is 15.4. The lowest BCUT2D eigenvalue weighted by atomic mass is 10.0. The van der Waals surface area contributed by atoms with Crippen LogP contribution in [0.25, 0.3) is 0 Å². The van der Waals surface area contributed by atoms with Gasteiger partial charge >= 0.3 is 0 Å². The van der Waals surface area contributed by atoms with Crippen LogP contribution < -0.4 is 10.1 Å². The minimum atomic E-state index is 0.104. The molecule has 0 aromatic heterocycles. The van der Waals surface area contributed by atoms with Crippen LogP contribution in [0, 0.1) is 0 Å². The third kappa shape index (κ3) is 3.97. The van der Waals surface area contributed by atoms with Crippen molar-refractivity contribution in [2.45, 2.75) is 19.4 Å². The fraction of sp³-hybridized carbons (Fsp3) is 0.250. The molecule has 1 N–H and O–H groups in total. The van der Waals surface area contributed by atoms with E-state index in [0.29, 0.717) is 20.8 Å². The van der Waals surface area contributed by atoms with E-state index in [1.165, 1.54) is 0 Å². The Kier molecular flexibility index (Phi) is 5.63. The lowest BCUT2D eigenvalue weighted by molar-refractivity contribution is 0.414. The molecule has 0 spiro atoms. The van der Waals surface area contributed by atoms with E-state index in [-0.39, 0.29) is 6.04 Å². The molecule has 0 aliphatic heterocycles. The van der Waals surface area contributed by atoms with Gasteiger partial charge in [0.25, 0.3) is 0 Å². The summed E-state index contributed by atoms with van der Waals surface area (Å²) in [6.45, 7) is 2.10. The molecule has 0 heterocycles. The van der Waals surface area contributed by atoms with Crippen LogP contribution in [0.5, 0.6) is 5.75 Å². The maximum Gasteiger partial charge on any atom is 0.118 e. The number of nitrogens with one attached hydrogen (secondary N) is 1. The van der Waals surface area contributed by atoms with Gasteiger partial charge in [0.2, 0.25) is 0 Å². The van der Waals surface area contributed by atoms with Crippen molar-refractivity contribution in [3.63, 3.8) is 0 Å². The molecule has 0 radical (unpaired) electrons. The summed E-state index contributed by atoms with van der Waals surface area (Å²) >= 11 is 18.4. The second kappa shape index (κ2) is 7.26. The van der Waals surface area contributed by atoms with Crippen molar-refractivity contribution in [3.05, 3.63) is 57.0 Å². The van der Waals surface area contributed by atoms with Crippen molar-refractivity contribution in [1.82, 2.24) is 0 Å². The quantitative estimate of drug-likeness (QED) is 0.695. The summed E-state index contributed by atoms with van der Waals surface area (Å²) < 4.78 is 5.17. The first-order valence-electron chi connectivity index (χ1n) is 6.60. The van der Waals surface area contributed by atoms with Crippen LogP contribution in [0.1, 0.15) is 24.9 Å².